The van der Waals surface area contributed by atoms with Crippen LogP contribution in [0.4, 0.5) is 0 Å². The molecule has 0 atom stereocenters. The topological polar surface area (TPSA) is 32.9 Å². The molecule has 0 unspecified atom stereocenters. The van der Waals surface area contributed by atoms with Gasteiger partial charge in [-0.05, 0) is 30.4 Å². The summed E-state index contributed by atoms with van der Waals surface area (Å²) in [6.45, 7) is 5.99. The van der Waals surface area contributed by atoms with Crippen molar-refractivity contribution in [1.29, 1.82) is 0 Å². The fraction of sp³-hybridized carbons (Fsp3) is 0.476. The van der Waals surface area contributed by atoms with Gasteiger partial charge in [-0.15, -0.1) is 6.58 Å². The second-order valence-corrected chi connectivity index (χ2v) is 5.96. The molecule has 23 heavy (non-hydrogen) atoms. The van der Waals surface area contributed by atoms with E-state index >= 15 is 0 Å². The first-order valence-corrected chi connectivity index (χ1v) is 8.97. The van der Waals surface area contributed by atoms with Crippen LogP contribution in [0.3, 0.4) is 0 Å². The fourth-order valence-corrected chi connectivity index (χ4v) is 2.52. The lowest BCUT2D eigenvalue weighted by molar-refractivity contribution is 0.578. The van der Waals surface area contributed by atoms with Gasteiger partial charge in [0.25, 0.3) is 0 Å². The summed E-state index contributed by atoms with van der Waals surface area (Å²) >= 11 is 0. The summed E-state index contributed by atoms with van der Waals surface area (Å²) in [4.78, 5) is 13.6. The van der Waals surface area contributed by atoms with Crippen LogP contribution in [0.2, 0.25) is 0 Å². The fourth-order valence-electron chi connectivity index (χ4n) is 2.52. The van der Waals surface area contributed by atoms with Crippen LogP contribution in [-0.2, 0) is 0 Å². The summed E-state index contributed by atoms with van der Waals surface area (Å²) in [7, 11) is 0. The Morgan fingerprint density at radius 3 is 2.26 bits per heavy atom. The Morgan fingerprint density at radius 2 is 1.57 bits per heavy atom. The third kappa shape index (κ3) is 9.02. The number of fused-ring (bicyclic) bond motifs is 1. The molecule has 0 aliphatic rings. The Morgan fingerprint density at radius 1 is 0.913 bits per heavy atom. The highest BCUT2D eigenvalue weighted by molar-refractivity contribution is 5.77. The lowest BCUT2D eigenvalue weighted by Crippen LogP contribution is -2.01. The van der Waals surface area contributed by atoms with Crippen LogP contribution in [0.1, 0.15) is 64.7 Å². The van der Waals surface area contributed by atoms with Crippen molar-refractivity contribution in [3.63, 3.8) is 0 Å². The van der Waals surface area contributed by atoms with Gasteiger partial charge in [0, 0.05) is 11.6 Å². The number of para-hydroxylation sites is 1. The van der Waals surface area contributed by atoms with Crippen molar-refractivity contribution in [3.8, 4) is 0 Å². The molecule has 0 fully saturated rings. The molecular formula is C21H31NO. The molecule has 1 aromatic carbocycles. The Labute approximate surface area is 140 Å². The van der Waals surface area contributed by atoms with E-state index in [0.717, 1.165) is 10.9 Å². The van der Waals surface area contributed by atoms with Crippen LogP contribution in [0.25, 0.3) is 10.9 Å². The number of H-pyrrole nitrogens is 1. The van der Waals surface area contributed by atoms with E-state index in [1.807, 2.05) is 36.4 Å². The van der Waals surface area contributed by atoms with Crippen molar-refractivity contribution in [1.82, 2.24) is 4.98 Å². The van der Waals surface area contributed by atoms with E-state index in [4.69, 9.17) is 0 Å². The van der Waals surface area contributed by atoms with E-state index in [1.165, 1.54) is 63.9 Å². The third-order valence-electron chi connectivity index (χ3n) is 3.89. The van der Waals surface area contributed by atoms with E-state index in [-0.39, 0.29) is 5.56 Å². The van der Waals surface area contributed by atoms with Gasteiger partial charge in [0.15, 0.2) is 0 Å². The maximum atomic E-state index is 10.8. The minimum atomic E-state index is -0.0521. The first kappa shape index (κ1) is 19.2. The standard InChI is InChI=1S/C12H24.C9H7NO/c1-3-5-7-9-11-12-10-8-6-4-2;11-9-6-5-7-3-1-2-4-8(7)10-9/h3H,1,4-12H2,2H3;1-6H,(H,10,11). The Kier molecular flexibility index (Phi) is 10.6. The van der Waals surface area contributed by atoms with E-state index in [9.17, 15) is 4.79 Å². The Balaban J connectivity index is 0.000000230. The van der Waals surface area contributed by atoms with Crippen molar-refractivity contribution in [2.75, 3.05) is 0 Å². The zero-order valence-electron chi connectivity index (χ0n) is 14.5. The van der Waals surface area contributed by atoms with E-state index in [1.54, 1.807) is 0 Å². The average Bonchev–Trinajstić information content (AvgIpc) is 2.58. The first-order chi connectivity index (χ1) is 11.3. The third-order valence-corrected chi connectivity index (χ3v) is 3.89. The zero-order valence-corrected chi connectivity index (χ0v) is 14.5. The summed E-state index contributed by atoms with van der Waals surface area (Å²) in [5.74, 6) is 0. The molecule has 0 aliphatic carbocycles. The smallest absolute Gasteiger partial charge is 0.248 e. The van der Waals surface area contributed by atoms with Gasteiger partial charge in [-0.3, -0.25) is 4.79 Å². The van der Waals surface area contributed by atoms with Crippen LogP contribution < -0.4 is 5.56 Å². The van der Waals surface area contributed by atoms with Crippen LogP contribution in [-0.4, -0.2) is 4.98 Å². The molecule has 2 rings (SSSR count). The van der Waals surface area contributed by atoms with Gasteiger partial charge in [-0.25, -0.2) is 0 Å². The molecule has 1 aromatic heterocycles. The monoisotopic (exact) mass is 313 g/mol. The van der Waals surface area contributed by atoms with E-state index < -0.39 is 0 Å². The number of benzene rings is 1. The molecule has 0 radical (unpaired) electrons. The van der Waals surface area contributed by atoms with Gasteiger partial charge in [-0.1, -0.05) is 76.1 Å². The summed E-state index contributed by atoms with van der Waals surface area (Å²) in [5.41, 5.74) is 0.837. The maximum Gasteiger partial charge on any atom is 0.248 e. The molecule has 2 nitrogen and oxygen atoms in total. The highest BCUT2D eigenvalue weighted by atomic mass is 16.1. The Hall–Kier alpha value is -1.83. The highest BCUT2D eigenvalue weighted by Crippen LogP contribution is 2.09. The molecule has 2 aromatic rings. The van der Waals surface area contributed by atoms with Gasteiger partial charge in [-0.2, -0.15) is 0 Å². The molecular weight excluding hydrogens is 282 g/mol. The van der Waals surface area contributed by atoms with Crippen LogP contribution in [0, 0.1) is 0 Å². The lowest BCUT2D eigenvalue weighted by Gasteiger charge is -1.99. The summed E-state index contributed by atoms with van der Waals surface area (Å²) in [6, 6.07) is 11.0. The minimum Gasteiger partial charge on any atom is -0.322 e. The predicted octanol–water partition coefficient (Wildman–Crippen LogP) is 6.23. The number of hydrogen-bond donors (Lipinski definition) is 1. The highest BCUT2D eigenvalue weighted by Gasteiger charge is 1.90. The number of unbranched alkanes of at least 4 members (excludes halogenated alkanes) is 8. The maximum absolute atomic E-state index is 10.8. The number of hydrogen-bond acceptors (Lipinski definition) is 1. The summed E-state index contributed by atoms with van der Waals surface area (Å²) in [6.07, 6.45) is 14.5. The second kappa shape index (κ2) is 12.7. The van der Waals surface area contributed by atoms with Gasteiger partial charge >= 0.3 is 0 Å². The van der Waals surface area contributed by atoms with Gasteiger partial charge in [0.2, 0.25) is 5.56 Å². The molecule has 0 saturated heterocycles. The second-order valence-electron chi connectivity index (χ2n) is 5.96. The quantitative estimate of drug-likeness (QED) is 0.432. The number of aromatic nitrogens is 1. The zero-order chi connectivity index (χ0) is 16.8. The lowest BCUT2D eigenvalue weighted by atomic mass is 10.1. The van der Waals surface area contributed by atoms with Crippen molar-refractivity contribution < 1.29 is 0 Å². The van der Waals surface area contributed by atoms with Crippen LogP contribution in [0.5, 0.6) is 0 Å². The number of allylic oxidation sites excluding steroid dienone is 1. The van der Waals surface area contributed by atoms with Gasteiger partial charge in [0.1, 0.15) is 0 Å². The number of aromatic amines is 1. The summed E-state index contributed by atoms with van der Waals surface area (Å²) in [5, 5.41) is 1.06. The summed E-state index contributed by atoms with van der Waals surface area (Å²) < 4.78 is 0. The van der Waals surface area contributed by atoms with Crippen molar-refractivity contribution in [2.45, 2.75) is 64.7 Å². The van der Waals surface area contributed by atoms with Crippen LogP contribution in [0.15, 0.2) is 53.8 Å². The van der Waals surface area contributed by atoms with Gasteiger partial charge < -0.3 is 4.98 Å². The molecule has 0 spiro atoms. The Bertz CT molecular complexity index is 600. The predicted molar refractivity (Wildman–Crippen MR) is 102 cm³/mol. The molecule has 0 saturated carbocycles. The molecule has 126 valence electrons. The molecule has 0 amide bonds. The largest absolute Gasteiger partial charge is 0.322 e. The van der Waals surface area contributed by atoms with E-state index in [2.05, 4.69) is 18.5 Å². The van der Waals surface area contributed by atoms with E-state index in [0.29, 0.717) is 0 Å². The van der Waals surface area contributed by atoms with Crippen molar-refractivity contribution in [3.05, 3.63) is 59.4 Å². The minimum absolute atomic E-state index is 0.0521. The number of nitrogens with one attached hydrogen (secondary N) is 1. The molecule has 1 heterocycles. The normalized spacial score (nSPS) is 10.1. The van der Waals surface area contributed by atoms with Gasteiger partial charge in [0.05, 0.1) is 0 Å². The molecule has 1 N–H and O–H groups in total. The number of rotatable bonds is 9. The molecule has 0 bridgehead atoms. The van der Waals surface area contributed by atoms with Crippen LogP contribution >= 0.6 is 0 Å². The average molecular weight is 313 g/mol. The number of pyridine rings is 1. The molecule has 2 heteroatoms. The molecule has 0 aliphatic heterocycles. The van der Waals surface area contributed by atoms with Crippen molar-refractivity contribution in [2.24, 2.45) is 0 Å². The SMILES string of the molecule is C=CCCCCCCCCCC.O=c1ccc2ccccc2[nH]1. The first-order valence-electron chi connectivity index (χ1n) is 8.97. The van der Waals surface area contributed by atoms with Crippen molar-refractivity contribution >= 4 is 10.9 Å².